The molecule has 0 aliphatic heterocycles. The molecule has 4 unspecified atom stereocenters. The van der Waals surface area contributed by atoms with Crippen molar-refractivity contribution in [3.63, 3.8) is 0 Å². The predicted molar refractivity (Wildman–Crippen MR) is 104 cm³/mol. The zero-order valence-electron chi connectivity index (χ0n) is 20.4. The van der Waals surface area contributed by atoms with Gasteiger partial charge in [-0.05, 0) is 53.4 Å². The average molecular weight is 560 g/mol. The Labute approximate surface area is 213 Å². The minimum absolute atomic E-state index is 0. The van der Waals surface area contributed by atoms with Crippen LogP contribution in [0.2, 0.25) is 0 Å². The third-order valence-electron chi connectivity index (χ3n) is 4.51. The van der Waals surface area contributed by atoms with Crippen molar-refractivity contribution in [2.75, 3.05) is 0 Å². The second-order valence-corrected chi connectivity index (χ2v) is 7.66. The summed E-state index contributed by atoms with van der Waals surface area (Å²) in [5.74, 6) is -5.67. The fourth-order valence-corrected chi connectivity index (χ4v) is 0.577. The molecule has 192 valence electrons. The minimum atomic E-state index is -1.65. The normalized spacial score (nSPS) is 16.8. The van der Waals surface area contributed by atoms with Crippen LogP contribution in [0.25, 0.3) is 0 Å². The number of hydrogen-bond donors (Lipinski definition) is 4. The third-order valence-corrected chi connectivity index (χ3v) is 4.51. The maximum atomic E-state index is 9.89. The molecule has 0 bridgehead atoms. The van der Waals surface area contributed by atoms with E-state index in [0.717, 1.165) is 0 Å². The molecule has 0 radical (unpaired) electrons. The number of rotatable bonds is 8. The van der Waals surface area contributed by atoms with Crippen molar-refractivity contribution in [2.24, 2.45) is 0 Å². The second kappa shape index (κ2) is 18.0. The summed E-state index contributed by atoms with van der Waals surface area (Å²) >= 11 is 0. The summed E-state index contributed by atoms with van der Waals surface area (Å²) in [6, 6.07) is 0. The van der Waals surface area contributed by atoms with Gasteiger partial charge >= 0.3 is 26.2 Å². The smallest absolute Gasteiger partial charge is 0.547 e. The summed E-state index contributed by atoms with van der Waals surface area (Å²) in [4.78, 5) is 39.6. The molecule has 33 heavy (non-hydrogen) atoms. The summed E-state index contributed by atoms with van der Waals surface area (Å²) in [7, 11) is 0. The van der Waals surface area contributed by atoms with E-state index in [1.54, 1.807) is 27.7 Å². The molecule has 0 aliphatic carbocycles. The van der Waals surface area contributed by atoms with E-state index < -0.39 is 46.3 Å². The van der Waals surface area contributed by atoms with Gasteiger partial charge in [0, 0.05) is 0 Å². The van der Waals surface area contributed by atoms with Crippen LogP contribution in [0.15, 0.2) is 0 Å². The van der Waals surface area contributed by atoms with E-state index in [2.05, 4.69) is 0 Å². The number of hydrogen-bond acceptors (Lipinski definition) is 12. The molecule has 0 aromatic carbocycles. The summed E-state index contributed by atoms with van der Waals surface area (Å²) in [6.07, 6.45) is 0.704. The van der Waals surface area contributed by atoms with Crippen molar-refractivity contribution >= 4 is 23.9 Å². The SMILES string of the molecule is CCC(C)(O)C(=O)[O-].CCC(C)(O)C(=O)[O-].CCC(C)(O)C(=O)[O-].CCC(C)(O)C(=O)[O-].[Zr+4]. The van der Waals surface area contributed by atoms with Crippen molar-refractivity contribution in [2.45, 2.75) is 103 Å². The second-order valence-electron chi connectivity index (χ2n) is 7.66. The topological polar surface area (TPSA) is 241 Å². The molecule has 13 heteroatoms. The predicted octanol–water partition coefficient (Wildman–Crippen LogP) is -4.41. The first-order valence-electron chi connectivity index (χ1n) is 9.77. The number of carboxylic acid groups (broad SMARTS) is 4. The molecule has 0 amide bonds. The van der Waals surface area contributed by atoms with Gasteiger partial charge < -0.3 is 60.0 Å². The van der Waals surface area contributed by atoms with E-state index in [9.17, 15) is 39.6 Å². The molecule has 12 nitrogen and oxygen atoms in total. The standard InChI is InChI=1S/4C5H10O3.Zr/c4*1-3-5(2,8)4(6)7;/h4*8H,3H2,1-2H3,(H,6,7);/q;;;;+4/p-4. The summed E-state index contributed by atoms with van der Waals surface area (Å²) < 4.78 is 0. The van der Waals surface area contributed by atoms with Crippen LogP contribution in [0.4, 0.5) is 0 Å². The molecule has 0 heterocycles. The third kappa shape index (κ3) is 20.9. The Morgan fingerprint density at radius 2 is 0.576 bits per heavy atom. The van der Waals surface area contributed by atoms with E-state index in [0.29, 0.717) is 0 Å². The fourth-order valence-electron chi connectivity index (χ4n) is 0.577. The van der Waals surface area contributed by atoms with E-state index >= 15 is 0 Å². The van der Waals surface area contributed by atoms with Gasteiger partial charge in [-0.2, -0.15) is 0 Å². The molecule has 0 fully saturated rings. The van der Waals surface area contributed by atoms with Crippen LogP contribution in [0.3, 0.4) is 0 Å². The molecule has 4 atom stereocenters. The van der Waals surface area contributed by atoms with E-state index in [-0.39, 0.29) is 51.9 Å². The zero-order chi connectivity index (χ0) is 27.1. The monoisotopic (exact) mass is 558 g/mol. The van der Waals surface area contributed by atoms with Crippen LogP contribution < -0.4 is 20.4 Å². The van der Waals surface area contributed by atoms with Gasteiger partial charge in [-0.25, -0.2) is 0 Å². The van der Waals surface area contributed by atoms with Crippen molar-refractivity contribution in [3.05, 3.63) is 0 Å². The quantitative estimate of drug-likeness (QED) is 0.220. The number of aliphatic hydroxyl groups is 4. The van der Waals surface area contributed by atoms with Gasteiger partial charge in [0.15, 0.2) is 0 Å². The Kier molecular flexibility index (Phi) is 22.8. The molecular formula is C20H36O12Zr. The Morgan fingerprint density at radius 3 is 0.576 bits per heavy atom. The summed E-state index contributed by atoms with van der Waals surface area (Å²) in [5, 5.41) is 74.5. The van der Waals surface area contributed by atoms with Crippen LogP contribution in [-0.4, -0.2) is 66.7 Å². The molecular weight excluding hydrogens is 523 g/mol. The van der Waals surface area contributed by atoms with Gasteiger partial charge in [-0.3, -0.25) is 0 Å². The molecule has 0 spiro atoms. The molecule has 4 N–H and O–H groups in total. The van der Waals surface area contributed by atoms with Crippen molar-refractivity contribution in [1.82, 2.24) is 0 Å². The van der Waals surface area contributed by atoms with Gasteiger partial charge in [0.2, 0.25) is 0 Å². The minimum Gasteiger partial charge on any atom is -0.547 e. The molecule has 0 aliphatic rings. The number of aliphatic carboxylic acids is 4. The average Bonchev–Trinajstić information content (AvgIpc) is 2.68. The molecule has 0 aromatic heterocycles. The van der Waals surface area contributed by atoms with Crippen LogP contribution in [-0.2, 0) is 45.4 Å². The Morgan fingerprint density at radius 1 is 0.485 bits per heavy atom. The van der Waals surface area contributed by atoms with Crippen LogP contribution in [0.5, 0.6) is 0 Å². The first-order valence-corrected chi connectivity index (χ1v) is 9.77. The Balaban J connectivity index is -0.000000105. The van der Waals surface area contributed by atoms with Crippen molar-refractivity contribution < 1.29 is 86.2 Å². The first-order chi connectivity index (χ1) is 14.0. The summed E-state index contributed by atoms with van der Waals surface area (Å²) in [5.41, 5.74) is -6.61. The van der Waals surface area contributed by atoms with Gasteiger partial charge in [0.05, 0.1) is 23.9 Å². The molecule has 0 rings (SSSR count). The van der Waals surface area contributed by atoms with Gasteiger partial charge in [-0.1, -0.05) is 27.7 Å². The number of carbonyl (C=O) groups is 4. The molecule has 0 saturated carbocycles. The fraction of sp³-hybridized carbons (Fsp3) is 0.800. The largest absolute Gasteiger partial charge is 4.00 e. The maximum absolute atomic E-state index is 9.89. The van der Waals surface area contributed by atoms with E-state index in [4.69, 9.17) is 20.4 Å². The summed E-state index contributed by atoms with van der Waals surface area (Å²) in [6.45, 7) is 11.2. The Bertz CT molecular complexity index is 494. The Hall–Kier alpha value is -1.40. The zero-order valence-corrected chi connectivity index (χ0v) is 22.8. The van der Waals surface area contributed by atoms with Gasteiger partial charge in [0.25, 0.3) is 0 Å². The van der Waals surface area contributed by atoms with Crippen LogP contribution >= 0.6 is 0 Å². The molecule has 0 aromatic rings. The van der Waals surface area contributed by atoms with Gasteiger partial charge in [-0.15, -0.1) is 0 Å². The van der Waals surface area contributed by atoms with Crippen molar-refractivity contribution in [1.29, 1.82) is 0 Å². The number of carboxylic acids is 4. The van der Waals surface area contributed by atoms with Crippen LogP contribution in [0, 0.1) is 0 Å². The van der Waals surface area contributed by atoms with Crippen molar-refractivity contribution in [3.8, 4) is 0 Å². The van der Waals surface area contributed by atoms with Gasteiger partial charge in [0.1, 0.15) is 22.4 Å². The first kappa shape index (κ1) is 41.8. The molecule has 0 saturated heterocycles. The van der Waals surface area contributed by atoms with E-state index in [1.165, 1.54) is 27.7 Å². The van der Waals surface area contributed by atoms with E-state index in [1.807, 2.05) is 0 Å². The maximum Gasteiger partial charge on any atom is 4.00 e. The number of carbonyl (C=O) groups excluding carboxylic acids is 4. The van der Waals surface area contributed by atoms with Crippen LogP contribution in [0.1, 0.15) is 81.1 Å².